The molecule has 4 aromatic rings. The van der Waals surface area contributed by atoms with Crippen molar-refractivity contribution in [3.63, 3.8) is 0 Å². The van der Waals surface area contributed by atoms with E-state index in [-0.39, 0.29) is 5.69 Å². The van der Waals surface area contributed by atoms with Crippen molar-refractivity contribution in [1.29, 1.82) is 5.26 Å². The maximum atomic E-state index is 12.9. The second kappa shape index (κ2) is 7.70. The number of anilines is 1. The number of aryl methyl sites for hydroxylation is 1. The fourth-order valence-corrected chi connectivity index (χ4v) is 2.86. The van der Waals surface area contributed by atoms with Crippen LogP contribution >= 0.6 is 0 Å². The van der Waals surface area contributed by atoms with Crippen LogP contribution in [0.15, 0.2) is 67.3 Å². The minimum atomic E-state index is -0.412. The zero-order valence-electron chi connectivity index (χ0n) is 15.4. The molecule has 0 unspecified atom stereocenters. The Balaban J connectivity index is 1.68. The molecule has 0 atom stereocenters. The first-order valence-electron chi connectivity index (χ1n) is 8.73. The van der Waals surface area contributed by atoms with Crippen LogP contribution in [0.2, 0.25) is 0 Å². The van der Waals surface area contributed by atoms with Crippen LogP contribution in [-0.2, 0) is 7.05 Å². The van der Waals surface area contributed by atoms with Crippen LogP contribution in [0.25, 0.3) is 22.6 Å². The lowest BCUT2D eigenvalue weighted by molar-refractivity contribution is 0.102. The summed E-state index contributed by atoms with van der Waals surface area (Å²) in [5.41, 5.74) is 3.34. The van der Waals surface area contributed by atoms with Crippen LogP contribution in [-0.4, -0.2) is 30.6 Å². The number of nitrogens with one attached hydrogen (secondary N) is 1. The first kappa shape index (κ1) is 18.0. The summed E-state index contributed by atoms with van der Waals surface area (Å²) in [6.45, 7) is 0. The number of rotatable bonds is 4. The van der Waals surface area contributed by atoms with Gasteiger partial charge in [-0.25, -0.2) is 4.98 Å². The molecule has 1 amide bonds. The fraction of sp³-hybridized carbons (Fsp3) is 0.0476. The fourth-order valence-electron chi connectivity index (χ4n) is 2.86. The Labute approximate surface area is 166 Å². The molecule has 0 radical (unpaired) electrons. The molecule has 0 fully saturated rings. The number of amides is 1. The largest absolute Gasteiger partial charge is 0.317 e. The Kier molecular flexibility index (Phi) is 4.78. The molecule has 29 heavy (non-hydrogen) atoms. The number of nitriles is 1. The molecule has 8 heteroatoms. The van der Waals surface area contributed by atoms with Gasteiger partial charge in [0.25, 0.3) is 5.91 Å². The summed E-state index contributed by atoms with van der Waals surface area (Å²) in [4.78, 5) is 25.6. The summed E-state index contributed by atoms with van der Waals surface area (Å²) in [5, 5.41) is 16.6. The molecule has 0 aliphatic carbocycles. The van der Waals surface area contributed by atoms with E-state index in [0.29, 0.717) is 33.9 Å². The third-order valence-electron chi connectivity index (χ3n) is 4.17. The van der Waals surface area contributed by atoms with Gasteiger partial charge in [-0.1, -0.05) is 6.07 Å². The number of pyridine rings is 3. The molecule has 140 valence electrons. The van der Waals surface area contributed by atoms with E-state index < -0.39 is 5.91 Å². The van der Waals surface area contributed by atoms with Gasteiger partial charge in [0.1, 0.15) is 17.5 Å². The van der Waals surface area contributed by atoms with Gasteiger partial charge < -0.3 is 5.32 Å². The molecular formula is C21H15N7O. The Bertz CT molecular complexity index is 1210. The van der Waals surface area contributed by atoms with Gasteiger partial charge >= 0.3 is 0 Å². The van der Waals surface area contributed by atoms with E-state index in [1.165, 1.54) is 6.07 Å². The van der Waals surface area contributed by atoms with Gasteiger partial charge in [0, 0.05) is 37.4 Å². The molecule has 4 heterocycles. The van der Waals surface area contributed by atoms with E-state index in [9.17, 15) is 10.1 Å². The highest BCUT2D eigenvalue weighted by molar-refractivity contribution is 6.05. The summed E-state index contributed by atoms with van der Waals surface area (Å²) < 4.78 is 1.60. The number of aromatic nitrogens is 5. The van der Waals surface area contributed by atoms with Crippen molar-refractivity contribution in [3.05, 3.63) is 78.5 Å². The van der Waals surface area contributed by atoms with Crippen molar-refractivity contribution in [2.45, 2.75) is 0 Å². The summed E-state index contributed by atoms with van der Waals surface area (Å²) in [5.74, 6) is -0.412. The van der Waals surface area contributed by atoms with Crippen molar-refractivity contribution in [3.8, 4) is 28.7 Å². The number of nitrogens with zero attached hydrogens (tertiary/aromatic N) is 6. The van der Waals surface area contributed by atoms with E-state index in [2.05, 4.69) is 31.4 Å². The molecule has 8 nitrogen and oxygen atoms in total. The zero-order chi connectivity index (χ0) is 20.2. The van der Waals surface area contributed by atoms with Gasteiger partial charge in [-0.3, -0.25) is 19.4 Å². The quantitative estimate of drug-likeness (QED) is 0.582. The summed E-state index contributed by atoms with van der Waals surface area (Å²) in [6.07, 6.45) is 6.60. The number of carbonyl (C=O) groups excluding carboxylic acids is 1. The molecule has 0 bridgehead atoms. The van der Waals surface area contributed by atoms with Crippen LogP contribution < -0.4 is 5.32 Å². The minimum Gasteiger partial charge on any atom is -0.317 e. The van der Waals surface area contributed by atoms with Crippen molar-refractivity contribution >= 4 is 11.6 Å². The standard InChI is InChI=1S/C21H15N7O/c1-28-13-18(20(27-28)16-6-2-3-10-24-16)26-21(29)17-8-7-14(11-22)19(25-17)15-5-4-9-23-12-15/h2-10,12-13H,1H3,(H,26,29). The van der Waals surface area contributed by atoms with E-state index in [1.54, 1.807) is 54.7 Å². The van der Waals surface area contributed by atoms with E-state index in [4.69, 9.17) is 0 Å². The normalized spacial score (nSPS) is 10.3. The summed E-state index contributed by atoms with van der Waals surface area (Å²) in [6, 6.07) is 14.2. The Morgan fingerprint density at radius 2 is 2.00 bits per heavy atom. The highest BCUT2D eigenvalue weighted by Gasteiger charge is 2.17. The molecule has 0 saturated heterocycles. The first-order chi connectivity index (χ1) is 14.2. The molecular weight excluding hydrogens is 366 g/mol. The Hall–Kier alpha value is -4.38. The predicted octanol–water partition coefficient (Wildman–Crippen LogP) is 3.06. The second-order valence-corrected chi connectivity index (χ2v) is 6.18. The van der Waals surface area contributed by atoms with Crippen LogP contribution in [0.5, 0.6) is 0 Å². The summed E-state index contributed by atoms with van der Waals surface area (Å²) in [7, 11) is 1.77. The average molecular weight is 381 g/mol. The maximum absolute atomic E-state index is 12.9. The lowest BCUT2D eigenvalue weighted by Crippen LogP contribution is -2.14. The lowest BCUT2D eigenvalue weighted by Gasteiger charge is -2.08. The monoisotopic (exact) mass is 381 g/mol. The van der Waals surface area contributed by atoms with Gasteiger partial charge in [-0.05, 0) is 36.4 Å². The molecule has 4 rings (SSSR count). The van der Waals surface area contributed by atoms with Crippen LogP contribution in [0.4, 0.5) is 5.69 Å². The van der Waals surface area contributed by atoms with E-state index in [0.717, 1.165) is 0 Å². The summed E-state index contributed by atoms with van der Waals surface area (Å²) >= 11 is 0. The van der Waals surface area contributed by atoms with Crippen molar-refractivity contribution in [1.82, 2.24) is 24.7 Å². The first-order valence-corrected chi connectivity index (χ1v) is 8.73. The molecule has 4 aromatic heterocycles. The van der Waals surface area contributed by atoms with E-state index in [1.807, 2.05) is 18.2 Å². The molecule has 0 aromatic carbocycles. The van der Waals surface area contributed by atoms with E-state index >= 15 is 0 Å². The van der Waals surface area contributed by atoms with Gasteiger partial charge in [-0.15, -0.1) is 0 Å². The third-order valence-corrected chi connectivity index (χ3v) is 4.17. The molecule has 0 aliphatic heterocycles. The van der Waals surface area contributed by atoms with Gasteiger partial charge in [0.2, 0.25) is 0 Å². The smallest absolute Gasteiger partial charge is 0.274 e. The highest BCUT2D eigenvalue weighted by Crippen LogP contribution is 2.25. The van der Waals surface area contributed by atoms with Gasteiger partial charge in [0.15, 0.2) is 0 Å². The molecule has 0 saturated carbocycles. The van der Waals surface area contributed by atoms with Crippen LogP contribution in [0.3, 0.4) is 0 Å². The highest BCUT2D eigenvalue weighted by atomic mass is 16.1. The van der Waals surface area contributed by atoms with Gasteiger partial charge in [-0.2, -0.15) is 10.4 Å². The SMILES string of the molecule is Cn1cc(NC(=O)c2ccc(C#N)c(-c3cccnc3)n2)c(-c2ccccn2)n1. The van der Waals surface area contributed by atoms with Crippen molar-refractivity contribution < 1.29 is 4.79 Å². The molecule has 0 spiro atoms. The number of hydrogen-bond acceptors (Lipinski definition) is 6. The average Bonchev–Trinajstić information content (AvgIpc) is 3.14. The maximum Gasteiger partial charge on any atom is 0.274 e. The zero-order valence-corrected chi connectivity index (χ0v) is 15.4. The van der Waals surface area contributed by atoms with Crippen molar-refractivity contribution in [2.75, 3.05) is 5.32 Å². The van der Waals surface area contributed by atoms with Gasteiger partial charge in [0.05, 0.1) is 22.6 Å². The predicted molar refractivity (Wildman–Crippen MR) is 107 cm³/mol. The topological polar surface area (TPSA) is 109 Å². The Morgan fingerprint density at radius 3 is 2.72 bits per heavy atom. The lowest BCUT2D eigenvalue weighted by atomic mass is 10.1. The number of carbonyl (C=O) groups is 1. The van der Waals surface area contributed by atoms with Crippen LogP contribution in [0.1, 0.15) is 16.1 Å². The Morgan fingerprint density at radius 1 is 1.10 bits per heavy atom. The minimum absolute atomic E-state index is 0.179. The third kappa shape index (κ3) is 3.70. The number of hydrogen-bond donors (Lipinski definition) is 1. The van der Waals surface area contributed by atoms with Crippen LogP contribution in [0, 0.1) is 11.3 Å². The van der Waals surface area contributed by atoms with Crippen molar-refractivity contribution in [2.24, 2.45) is 7.05 Å². The second-order valence-electron chi connectivity index (χ2n) is 6.18. The molecule has 1 N–H and O–H groups in total. The molecule has 0 aliphatic rings.